The highest BCUT2D eigenvalue weighted by Crippen LogP contribution is 2.40. The highest BCUT2D eigenvalue weighted by molar-refractivity contribution is 6.31. The molecule has 10 heteroatoms. The number of esters is 1. The fourth-order valence-corrected chi connectivity index (χ4v) is 6.26. The highest BCUT2D eigenvalue weighted by atomic mass is 35.5. The molecule has 2 aromatic carbocycles. The van der Waals surface area contributed by atoms with Crippen LogP contribution < -0.4 is 10.1 Å². The molecule has 230 valence electrons. The molecule has 0 bridgehead atoms. The maximum absolute atomic E-state index is 14.9. The summed E-state index contributed by atoms with van der Waals surface area (Å²) >= 11 is 6.40. The zero-order valence-corrected chi connectivity index (χ0v) is 25.7. The lowest BCUT2D eigenvalue weighted by atomic mass is 9.75. The summed E-state index contributed by atoms with van der Waals surface area (Å²) in [6.07, 6.45) is 3.23. The van der Waals surface area contributed by atoms with Gasteiger partial charge in [-0.2, -0.15) is 0 Å². The first-order valence-corrected chi connectivity index (χ1v) is 14.9. The number of carbonyl (C=O) groups is 2. The molecular weight excluding hydrogens is 566 g/mol. The van der Waals surface area contributed by atoms with E-state index in [2.05, 4.69) is 5.32 Å². The maximum Gasteiger partial charge on any atom is 0.411 e. The predicted molar refractivity (Wildman–Crippen MR) is 157 cm³/mol. The van der Waals surface area contributed by atoms with E-state index in [4.69, 9.17) is 25.8 Å². The molecule has 1 saturated carbocycles. The number of benzene rings is 2. The Kier molecular flexibility index (Phi) is 10.4. The Balaban J connectivity index is 1.42. The van der Waals surface area contributed by atoms with Gasteiger partial charge in [-0.25, -0.2) is 18.4 Å². The van der Waals surface area contributed by atoms with Crippen LogP contribution in [-0.4, -0.2) is 55.4 Å². The molecule has 2 atom stereocenters. The lowest BCUT2D eigenvalue weighted by Gasteiger charge is -2.30. The smallest absolute Gasteiger partial charge is 0.411 e. The molecule has 4 rings (SSSR count). The number of methoxy groups -OCH3 is 1. The molecule has 2 fully saturated rings. The molecule has 0 radical (unpaired) electrons. The van der Waals surface area contributed by atoms with Crippen molar-refractivity contribution in [3.63, 3.8) is 0 Å². The van der Waals surface area contributed by atoms with Crippen molar-refractivity contribution in [1.82, 2.24) is 10.2 Å². The Morgan fingerprint density at radius 2 is 1.79 bits per heavy atom. The van der Waals surface area contributed by atoms with E-state index in [1.54, 1.807) is 32.9 Å². The van der Waals surface area contributed by atoms with Crippen molar-refractivity contribution in [2.75, 3.05) is 20.7 Å². The molecule has 0 unspecified atom stereocenters. The van der Waals surface area contributed by atoms with E-state index < -0.39 is 35.6 Å². The summed E-state index contributed by atoms with van der Waals surface area (Å²) in [5, 5.41) is 3.23. The Morgan fingerprint density at radius 3 is 2.43 bits per heavy atom. The van der Waals surface area contributed by atoms with Crippen LogP contribution in [0, 0.1) is 17.6 Å². The van der Waals surface area contributed by atoms with Crippen molar-refractivity contribution in [1.29, 1.82) is 0 Å². The molecule has 7 nitrogen and oxygen atoms in total. The van der Waals surface area contributed by atoms with Crippen LogP contribution >= 0.6 is 11.6 Å². The minimum atomic E-state index is -0.867. The van der Waals surface area contributed by atoms with Crippen molar-refractivity contribution in [3.8, 4) is 5.75 Å². The van der Waals surface area contributed by atoms with Crippen LogP contribution in [0.5, 0.6) is 5.75 Å². The van der Waals surface area contributed by atoms with Gasteiger partial charge in [0.05, 0.1) is 18.7 Å². The number of rotatable bonds is 8. The Bertz CT molecular complexity index is 1280. The summed E-state index contributed by atoms with van der Waals surface area (Å²) in [5.74, 6) is -0.507. The van der Waals surface area contributed by atoms with Crippen molar-refractivity contribution >= 4 is 23.7 Å². The van der Waals surface area contributed by atoms with E-state index in [0.717, 1.165) is 36.8 Å². The lowest BCUT2D eigenvalue weighted by Crippen LogP contribution is -2.44. The quantitative estimate of drug-likeness (QED) is 0.334. The van der Waals surface area contributed by atoms with Crippen LogP contribution in [0.3, 0.4) is 0 Å². The van der Waals surface area contributed by atoms with Gasteiger partial charge in [0.15, 0.2) is 0 Å². The number of halogens is 3. The summed E-state index contributed by atoms with van der Waals surface area (Å²) in [7, 11) is 3.14. The molecular formula is C32H41ClF2N2O5. The molecule has 2 aromatic rings. The van der Waals surface area contributed by atoms with E-state index in [9.17, 15) is 18.4 Å². The number of nitrogens with zero attached hydrogens (tertiary/aromatic N) is 1. The fourth-order valence-electron chi connectivity index (χ4n) is 6.08. The minimum Gasteiger partial charge on any atom is -0.488 e. The molecule has 0 aromatic heterocycles. The Labute approximate surface area is 251 Å². The molecule has 42 heavy (non-hydrogen) atoms. The average Bonchev–Trinajstić information content (AvgIpc) is 3.35. The normalized spacial score (nSPS) is 22.6. The number of amides is 1. The van der Waals surface area contributed by atoms with Gasteiger partial charge in [-0.05, 0) is 107 Å². The van der Waals surface area contributed by atoms with Gasteiger partial charge >= 0.3 is 12.1 Å². The third-order valence-electron chi connectivity index (χ3n) is 8.01. The molecule has 1 heterocycles. The number of carbonyl (C=O) groups excluding carboxylic acids is 2. The predicted octanol–water partition coefficient (Wildman–Crippen LogP) is 6.78. The van der Waals surface area contributed by atoms with E-state index in [1.807, 2.05) is 13.1 Å². The second-order valence-electron chi connectivity index (χ2n) is 12.3. The van der Waals surface area contributed by atoms with Gasteiger partial charge in [0.2, 0.25) is 0 Å². The Morgan fingerprint density at radius 1 is 1.07 bits per heavy atom. The molecule has 1 N–H and O–H groups in total. The van der Waals surface area contributed by atoms with E-state index >= 15 is 0 Å². The number of hydrogen-bond donors (Lipinski definition) is 1. The summed E-state index contributed by atoms with van der Waals surface area (Å²) in [6.45, 7) is 6.02. The second-order valence-corrected chi connectivity index (χ2v) is 12.7. The van der Waals surface area contributed by atoms with Crippen LogP contribution in [-0.2, 0) is 27.2 Å². The number of likely N-dealkylation sites (tertiary alicyclic amines) is 1. The van der Waals surface area contributed by atoms with Crippen LogP contribution in [0.25, 0.3) is 0 Å². The van der Waals surface area contributed by atoms with E-state index in [-0.39, 0.29) is 35.5 Å². The zero-order chi connectivity index (χ0) is 30.6. The van der Waals surface area contributed by atoms with Gasteiger partial charge in [0.25, 0.3) is 0 Å². The van der Waals surface area contributed by atoms with E-state index in [1.165, 1.54) is 24.1 Å². The molecule has 1 aliphatic heterocycles. The topological polar surface area (TPSA) is 77.1 Å². The standard InChI is InChI=1S/C32H41ClF2N2O5/c1-32(2,3)42-31(39)37-18-25(16-28(37)30(38)40-5)41-24-13-22(29(33)27(35)15-24)12-19-6-8-20(9-7-19)26-14-23(34)11-10-21(26)17-36-4/h10-11,13-15,19-20,25,28,36H,6-9,12,16-18H2,1-5H3/t19-,20-,25-,28-/m0/s1. The van der Waals surface area contributed by atoms with Gasteiger partial charge in [-0.3, -0.25) is 4.90 Å². The summed E-state index contributed by atoms with van der Waals surface area (Å²) in [6, 6.07) is 7.13. The number of nitrogens with one attached hydrogen (secondary N) is 1. The van der Waals surface area contributed by atoms with Gasteiger partial charge in [-0.1, -0.05) is 17.7 Å². The van der Waals surface area contributed by atoms with Crippen molar-refractivity contribution < 1.29 is 32.6 Å². The lowest BCUT2D eigenvalue weighted by molar-refractivity contribution is -0.145. The van der Waals surface area contributed by atoms with Crippen LogP contribution in [0.1, 0.15) is 75.5 Å². The van der Waals surface area contributed by atoms with Crippen LogP contribution in [0.2, 0.25) is 5.02 Å². The fraction of sp³-hybridized carbons (Fsp3) is 0.562. The number of ether oxygens (including phenoxy) is 3. The molecule has 1 aliphatic carbocycles. The molecule has 2 aliphatic rings. The average molecular weight is 607 g/mol. The van der Waals surface area contributed by atoms with Gasteiger partial charge in [-0.15, -0.1) is 0 Å². The Hall–Kier alpha value is -2.91. The molecule has 1 saturated heterocycles. The first kappa shape index (κ1) is 32.0. The van der Waals surface area contributed by atoms with Gasteiger partial charge in [0.1, 0.15) is 35.1 Å². The third-order valence-corrected chi connectivity index (χ3v) is 8.44. The van der Waals surface area contributed by atoms with Crippen LogP contribution in [0.4, 0.5) is 13.6 Å². The summed E-state index contributed by atoms with van der Waals surface area (Å²) in [4.78, 5) is 26.5. The van der Waals surface area contributed by atoms with Crippen molar-refractivity contribution in [2.45, 2.75) is 89.5 Å². The summed E-state index contributed by atoms with van der Waals surface area (Å²) < 4.78 is 45.5. The summed E-state index contributed by atoms with van der Waals surface area (Å²) in [5.41, 5.74) is 2.09. The minimum absolute atomic E-state index is 0.0696. The molecule has 1 amide bonds. The van der Waals surface area contributed by atoms with Gasteiger partial charge in [0, 0.05) is 19.0 Å². The molecule has 0 spiro atoms. The monoisotopic (exact) mass is 606 g/mol. The third kappa shape index (κ3) is 7.92. The van der Waals surface area contributed by atoms with Gasteiger partial charge < -0.3 is 19.5 Å². The van der Waals surface area contributed by atoms with E-state index in [0.29, 0.717) is 24.4 Å². The largest absolute Gasteiger partial charge is 0.488 e. The highest BCUT2D eigenvalue weighted by Gasteiger charge is 2.43. The van der Waals surface area contributed by atoms with Crippen molar-refractivity contribution in [2.24, 2.45) is 5.92 Å². The number of hydrogen-bond acceptors (Lipinski definition) is 6. The SMILES string of the molecule is CNCc1ccc(F)cc1[C@H]1CC[C@H](Cc2cc(O[C@H]3C[C@@H](C(=O)OC)N(C(=O)OC(C)(C)C)C3)cc(F)c2Cl)CC1. The second kappa shape index (κ2) is 13.6. The van der Waals surface area contributed by atoms with Crippen molar-refractivity contribution in [3.05, 3.63) is 63.7 Å². The van der Waals surface area contributed by atoms with Crippen LogP contribution in [0.15, 0.2) is 30.3 Å². The first-order chi connectivity index (χ1) is 19.9. The maximum atomic E-state index is 14.9. The first-order valence-electron chi connectivity index (χ1n) is 14.5. The zero-order valence-electron chi connectivity index (χ0n) is 25.0.